The molecule has 0 fully saturated rings. The fourth-order valence-corrected chi connectivity index (χ4v) is 4.20. The minimum Gasteiger partial charge on any atom is -0.480 e. The molecule has 0 bridgehead atoms. The maximum Gasteiger partial charge on any atom is 0.319 e. The molecule has 7 nitrogen and oxygen atoms in total. The molecule has 0 radical (unpaired) electrons. The van der Waals surface area contributed by atoms with Gasteiger partial charge in [0.25, 0.3) is 0 Å². The number of carboxylic acids is 1. The van der Waals surface area contributed by atoms with E-state index in [4.69, 9.17) is 8.83 Å². The lowest BCUT2D eigenvalue weighted by Gasteiger charge is -2.21. The predicted octanol–water partition coefficient (Wildman–Crippen LogP) is 5.49. The predicted molar refractivity (Wildman–Crippen MR) is 125 cm³/mol. The minimum absolute atomic E-state index is 0.461. The molecule has 170 valence electrons. The summed E-state index contributed by atoms with van der Waals surface area (Å²) in [4.78, 5) is 14.5. The summed E-state index contributed by atoms with van der Waals surface area (Å²) in [5, 5.41) is 17.8. The van der Waals surface area contributed by atoms with Gasteiger partial charge in [0.1, 0.15) is 10.5 Å². The number of aromatic nitrogens is 2. The smallest absolute Gasteiger partial charge is 0.319 e. The largest absolute Gasteiger partial charge is 0.480 e. The SMILES string of the molecule is CC(C)(Sc1ccc(CN(Cc2ccco2)Cc2nnc(-c3ccccc3)o2)cc1)C(=O)O. The van der Waals surface area contributed by atoms with E-state index in [9.17, 15) is 9.90 Å². The molecule has 0 spiro atoms. The van der Waals surface area contributed by atoms with Crippen LogP contribution < -0.4 is 0 Å². The number of hydrogen-bond acceptors (Lipinski definition) is 7. The Bertz CT molecular complexity index is 1170. The van der Waals surface area contributed by atoms with Crippen LogP contribution in [0.1, 0.15) is 31.1 Å². The Morgan fingerprint density at radius 1 is 0.970 bits per heavy atom. The first-order chi connectivity index (χ1) is 15.9. The van der Waals surface area contributed by atoms with Gasteiger partial charge < -0.3 is 13.9 Å². The molecule has 2 aromatic carbocycles. The zero-order valence-electron chi connectivity index (χ0n) is 18.5. The molecule has 0 aliphatic carbocycles. The Kier molecular flexibility index (Phi) is 6.96. The van der Waals surface area contributed by atoms with Gasteiger partial charge in [0.05, 0.1) is 19.4 Å². The van der Waals surface area contributed by atoms with E-state index in [2.05, 4.69) is 15.1 Å². The van der Waals surface area contributed by atoms with Crippen molar-refractivity contribution < 1.29 is 18.7 Å². The standard InChI is InChI=1S/C25H25N3O4S/c1-25(2,24(29)30)33-21-12-10-18(11-13-21)15-28(16-20-9-6-14-31-20)17-22-26-27-23(32-22)19-7-4-3-5-8-19/h3-14H,15-17H2,1-2H3,(H,29,30). The van der Waals surface area contributed by atoms with E-state index < -0.39 is 10.7 Å². The lowest BCUT2D eigenvalue weighted by atomic mass is 10.2. The van der Waals surface area contributed by atoms with Crippen LogP contribution in [0.4, 0.5) is 0 Å². The van der Waals surface area contributed by atoms with Crippen LogP contribution in [0.15, 0.2) is 86.7 Å². The molecule has 33 heavy (non-hydrogen) atoms. The maximum atomic E-state index is 11.4. The fourth-order valence-electron chi connectivity index (χ4n) is 3.26. The van der Waals surface area contributed by atoms with Gasteiger partial charge in [-0.3, -0.25) is 9.69 Å². The molecule has 4 aromatic rings. The van der Waals surface area contributed by atoms with Crippen molar-refractivity contribution >= 4 is 17.7 Å². The third-order valence-corrected chi connectivity index (χ3v) is 6.22. The molecule has 0 unspecified atom stereocenters. The van der Waals surface area contributed by atoms with Gasteiger partial charge in [0, 0.05) is 17.0 Å². The quantitative estimate of drug-likeness (QED) is 0.309. The van der Waals surface area contributed by atoms with Crippen LogP contribution >= 0.6 is 11.8 Å². The van der Waals surface area contributed by atoms with E-state index in [1.807, 2.05) is 66.7 Å². The average Bonchev–Trinajstić information content (AvgIpc) is 3.48. The Morgan fingerprint density at radius 3 is 2.39 bits per heavy atom. The van der Waals surface area contributed by atoms with Crippen LogP contribution in [0.3, 0.4) is 0 Å². The highest BCUT2D eigenvalue weighted by atomic mass is 32.2. The zero-order chi connectivity index (χ0) is 23.3. The van der Waals surface area contributed by atoms with Crippen LogP contribution in [0.2, 0.25) is 0 Å². The first-order valence-electron chi connectivity index (χ1n) is 10.5. The number of hydrogen-bond donors (Lipinski definition) is 1. The van der Waals surface area contributed by atoms with Gasteiger partial charge >= 0.3 is 5.97 Å². The number of benzene rings is 2. The Labute approximate surface area is 196 Å². The number of aliphatic carboxylic acids is 1. The molecule has 8 heteroatoms. The van der Waals surface area contributed by atoms with Crippen LogP contribution in [0.25, 0.3) is 11.5 Å². The summed E-state index contributed by atoms with van der Waals surface area (Å²) in [7, 11) is 0. The Morgan fingerprint density at radius 2 is 1.73 bits per heavy atom. The average molecular weight is 464 g/mol. The van der Waals surface area contributed by atoms with Crippen LogP contribution in [0, 0.1) is 0 Å². The second-order valence-corrected chi connectivity index (χ2v) is 9.85. The summed E-state index contributed by atoms with van der Waals surface area (Å²) >= 11 is 1.33. The number of carboxylic acid groups (broad SMARTS) is 1. The molecule has 0 aliphatic heterocycles. The number of furan rings is 1. The van der Waals surface area contributed by atoms with Gasteiger partial charge in [-0.1, -0.05) is 30.3 Å². The third-order valence-electron chi connectivity index (χ3n) is 5.02. The first kappa shape index (κ1) is 22.8. The maximum absolute atomic E-state index is 11.4. The van der Waals surface area contributed by atoms with Crippen molar-refractivity contribution in [2.75, 3.05) is 0 Å². The monoisotopic (exact) mass is 463 g/mol. The molecule has 2 heterocycles. The van der Waals surface area contributed by atoms with Gasteiger partial charge in [0.2, 0.25) is 11.8 Å². The normalized spacial score (nSPS) is 11.7. The zero-order valence-corrected chi connectivity index (χ0v) is 19.3. The number of thioether (sulfide) groups is 1. The molecular weight excluding hydrogens is 438 g/mol. The highest BCUT2D eigenvalue weighted by molar-refractivity contribution is 8.01. The van der Waals surface area contributed by atoms with Crippen molar-refractivity contribution in [3.8, 4) is 11.5 Å². The molecule has 0 atom stereocenters. The number of carbonyl (C=O) groups is 1. The van der Waals surface area contributed by atoms with Gasteiger partial charge in [-0.2, -0.15) is 0 Å². The van der Waals surface area contributed by atoms with Crippen molar-refractivity contribution in [3.05, 3.63) is 90.2 Å². The van der Waals surface area contributed by atoms with Crippen molar-refractivity contribution in [2.24, 2.45) is 0 Å². The molecule has 1 N–H and O–H groups in total. The summed E-state index contributed by atoms with van der Waals surface area (Å²) in [6, 6.07) is 21.4. The molecular formula is C25H25N3O4S. The van der Waals surface area contributed by atoms with Crippen molar-refractivity contribution in [1.82, 2.24) is 15.1 Å². The van der Waals surface area contributed by atoms with E-state index in [-0.39, 0.29) is 0 Å². The molecule has 0 saturated carbocycles. The highest BCUT2D eigenvalue weighted by Gasteiger charge is 2.28. The topological polar surface area (TPSA) is 92.6 Å². The third kappa shape index (κ3) is 6.12. The molecule has 0 amide bonds. The number of nitrogens with zero attached hydrogens (tertiary/aromatic N) is 3. The molecule has 2 aromatic heterocycles. The van der Waals surface area contributed by atoms with Crippen LogP contribution in [0.5, 0.6) is 0 Å². The Balaban J connectivity index is 1.47. The second-order valence-electron chi connectivity index (χ2n) is 8.15. The number of rotatable bonds is 10. The van der Waals surface area contributed by atoms with E-state index in [0.717, 1.165) is 21.8 Å². The lowest BCUT2D eigenvalue weighted by Crippen LogP contribution is -2.26. The highest BCUT2D eigenvalue weighted by Crippen LogP contribution is 2.33. The summed E-state index contributed by atoms with van der Waals surface area (Å²) in [6.45, 7) is 5.08. The summed E-state index contributed by atoms with van der Waals surface area (Å²) in [5.74, 6) is 1.02. The van der Waals surface area contributed by atoms with Gasteiger partial charge in [-0.25, -0.2) is 0 Å². The van der Waals surface area contributed by atoms with E-state index in [1.54, 1.807) is 20.1 Å². The summed E-state index contributed by atoms with van der Waals surface area (Å²) < 4.78 is 10.6. The summed E-state index contributed by atoms with van der Waals surface area (Å²) in [6.07, 6.45) is 1.66. The van der Waals surface area contributed by atoms with Crippen LogP contribution in [-0.4, -0.2) is 30.9 Å². The second kappa shape index (κ2) is 10.1. The van der Waals surface area contributed by atoms with Gasteiger partial charge in [0.15, 0.2) is 0 Å². The van der Waals surface area contributed by atoms with Gasteiger partial charge in [-0.05, 0) is 55.8 Å². The Hall–Kier alpha value is -3.36. The minimum atomic E-state index is -0.888. The molecule has 0 saturated heterocycles. The van der Waals surface area contributed by atoms with E-state index in [0.29, 0.717) is 31.4 Å². The van der Waals surface area contributed by atoms with Crippen molar-refractivity contribution in [1.29, 1.82) is 0 Å². The fraction of sp³-hybridized carbons (Fsp3) is 0.240. The molecule has 4 rings (SSSR count). The molecule has 0 aliphatic rings. The summed E-state index contributed by atoms with van der Waals surface area (Å²) in [5.41, 5.74) is 1.97. The van der Waals surface area contributed by atoms with Crippen molar-refractivity contribution in [2.45, 2.75) is 43.1 Å². The first-order valence-corrected chi connectivity index (χ1v) is 11.3. The van der Waals surface area contributed by atoms with Crippen molar-refractivity contribution in [3.63, 3.8) is 0 Å². The van der Waals surface area contributed by atoms with E-state index in [1.165, 1.54) is 11.8 Å². The lowest BCUT2D eigenvalue weighted by molar-refractivity contribution is -0.138. The van der Waals surface area contributed by atoms with Crippen LogP contribution in [-0.2, 0) is 24.4 Å². The van der Waals surface area contributed by atoms with E-state index >= 15 is 0 Å². The van der Waals surface area contributed by atoms with Gasteiger partial charge in [-0.15, -0.1) is 22.0 Å².